The standard InChI is InChI=1S/C21H24FN3O3S.C19H26FN3OS/c22-16-8-6-15(7-9-16)12-23-10-11-24-17(19(23)27)18(26)20(28)25(21(24)29)13-14-4-2-1-3-5-14;20-17-8-6-16(7-9-17)13-22-10-11-23(14-18(22)24)19(25)21-12-15-4-2-1-3-5-15/h6-9,14,26H,1-5,10-13H2;6-9,15H,1-5,10-14H2,(H,21,25). The fourth-order valence-corrected chi connectivity index (χ4v) is 8.50. The minimum absolute atomic E-state index is 0.0479. The molecule has 14 heteroatoms. The summed E-state index contributed by atoms with van der Waals surface area (Å²) in [5.41, 5.74) is 1.08. The molecular weight excluding hydrogens is 731 g/mol. The highest BCUT2D eigenvalue weighted by Gasteiger charge is 2.31. The number of piperazine rings is 1. The maximum atomic E-state index is 13.1. The zero-order valence-electron chi connectivity index (χ0n) is 30.7. The molecule has 1 saturated heterocycles. The zero-order chi connectivity index (χ0) is 38.2. The van der Waals surface area contributed by atoms with E-state index in [1.807, 2.05) is 9.80 Å². The number of aromatic hydroxyl groups is 1. The second kappa shape index (κ2) is 18.4. The van der Waals surface area contributed by atoms with Gasteiger partial charge in [0.2, 0.25) is 11.7 Å². The van der Waals surface area contributed by atoms with Gasteiger partial charge in [-0.2, -0.15) is 0 Å². The fourth-order valence-electron chi connectivity index (χ4n) is 7.93. The Labute approximate surface area is 325 Å². The first-order valence-corrected chi connectivity index (χ1v) is 20.0. The van der Waals surface area contributed by atoms with Crippen LogP contribution in [0.2, 0.25) is 0 Å². The van der Waals surface area contributed by atoms with Crippen LogP contribution in [0.3, 0.4) is 0 Å². The van der Waals surface area contributed by atoms with Crippen LogP contribution < -0.4 is 10.9 Å². The van der Waals surface area contributed by atoms with Crippen LogP contribution in [-0.4, -0.2) is 78.6 Å². The molecule has 2 aliphatic carbocycles. The highest BCUT2D eigenvalue weighted by molar-refractivity contribution is 7.80. The highest BCUT2D eigenvalue weighted by atomic mass is 32.1. The molecule has 2 aromatic carbocycles. The maximum absolute atomic E-state index is 13.1. The molecule has 2 N–H and O–H groups in total. The highest BCUT2D eigenvalue weighted by Crippen LogP contribution is 2.27. The van der Waals surface area contributed by atoms with Crippen molar-refractivity contribution in [2.45, 2.75) is 90.4 Å². The molecule has 3 heterocycles. The molecule has 3 fully saturated rings. The fraction of sp³-hybridized carbons (Fsp3) is 0.525. The first kappa shape index (κ1) is 39.5. The lowest BCUT2D eigenvalue weighted by Gasteiger charge is -2.36. The van der Waals surface area contributed by atoms with E-state index in [0.29, 0.717) is 61.0 Å². The number of carbonyl (C=O) groups excluding carboxylic acids is 2. The van der Waals surface area contributed by atoms with Crippen molar-refractivity contribution >= 4 is 41.4 Å². The summed E-state index contributed by atoms with van der Waals surface area (Å²) in [5.74, 6) is -0.426. The minimum atomic E-state index is -0.594. The lowest BCUT2D eigenvalue weighted by molar-refractivity contribution is -0.135. The smallest absolute Gasteiger partial charge is 0.297 e. The molecule has 2 aliphatic heterocycles. The van der Waals surface area contributed by atoms with Gasteiger partial charge in [-0.3, -0.25) is 19.0 Å². The van der Waals surface area contributed by atoms with Crippen molar-refractivity contribution in [3.63, 3.8) is 0 Å². The van der Waals surface area contributed by atoms with Crippen LogP contribution in [0.25, 0.3) is 0 Å². The van der Waals surface area contributed by atoms with E-state index in [9.17, 15) is 28.3 Å². The molecule has 2 saturated carbocycles. The van der Waals surface area contributed by atoms with Gasteiger partial charge in [-0.15, -0.1) is 0 Å². The van der Waals surface area contributed by atoms with Crippen LogP contribution in [0, 0.1) is 28.2 Å². The van der Waals surface area contributed by atoms with Crippen molar-refractivity contribution in [2.75, 3.05) is 32.7 Å². The third-order valence-electron chi connectivity index (χ3n) is 11.1. The molecule has 0 bridgehead atoms. The van der Waals surface area contributed by atoms with Crippen LogP contribution in [0.1, 0.15) is 85.8 Å². The van der Waals surface area contributed by atoms with E-state index in [-0.39, 0.29) is 29.8 Å². The number of aromatic nitrogens is 2. The Morgan fingerprint density at radius 1 is 0.741 bits per heavy atom. The quantitative estimate of drug-likeness (QED) is 0.254. The van der Waals surface area contributed by atoms with Crippen molar-refractivity contribution in [2.24, 2.45) is 11.8 Å². The van der Waals surface area contributed by atoms with Crippen molar-refractivity contribution < 1.29 is 23.5 Å². The molecule has 0 spiro atoms. The molecule has 54 heavy (non-hydrogen) atoms. The zero-order valence-corrected chi connectivity index (χ0v) is 32.3. The Morgan fingerprint density at radius 3 is 1.85 bits per heavy atom. The van der Waals surface area contributed by atoms with Crippen LogP contribution in [-0.2, 0) is 31.0 Å². The number of fused-ring (bicyclic) bond motifs is 1. The maximum Gasteiger partial charge on any atom is 0.297 e. The Kier molecular flexibility index (Phi) is 13.5. The molecule has 290 valence electrons. The van der Waals surface area contributed by atoms with Crippen LogP contribution in [0.4, 0.5) is 8.78 Å². The van der Waals surface area contributed by atoms with Gasteiger partial charge < -0.3 is 29.7 Å². The topological polar surface area (TPSA) is 103 Å². The molecule has 3 aromatic rings. The van der Waals surface area contributed by atoms with E-state index in [0.717, 1.165) is 49.9 Å². The van der Waals surface area contributed by atoms with Crippen molar-refractivity contribution in [3.8, 4) is 5.75 Å². The number of nitrogens with one attached hydrogen (secondary N) is 1. The van der Waals surface area contributed by atoms with Crippen molar-refractivity contribution in [3.05, 3.63) is 92.1 Å². The van der Waals surface area contributed by atoms with Gasteiger partial charge in [0.05, 0.1) is 6.54 Å². The van der Waals surface area contributed by atoms with Gasteiger partial charge in [0, 0.05) is 52.4 Å². The second-order valence-corrected chi connectivity index (χ2v) is 15.7. The van der Waals surface area contributed by atoms with Crippen LogP contribution in [0.5, 0.6) is 5.75 Å². The van der Waals surface area contributed by atoms with Gasteiger partial charge in [0.1, 0.15) is 11.6 Å². The Morgan fingerprint density at radius 2 is 1.28 bits per heavy atom. The number of hydrogen-bond acceptors (Lipinski definition) is 6. The number of halogens is 2. The van der Waals surface area contributed by atoms with E-state index in [2.05, 4.69) is 5.32 Å². The van der Waals surface area contributed by atoms with Gasteiger partial charge >= 0.3 is 0 Å². The molecule has 0 radical (unpaired) electrons. The van der Waals surface area contributed by atoms with Gasteiger partial charge in [-0.1, -0.05) is 62.8 Å². The normalized spacial score (nSPS) is 18.2. The molecule has 2 amide bonds. The lowest BCUT2D eigenvalue weighted by Crippen LogP contribution is -2.54. The van der Waals surface area contributed by atoms with Crippen LogP contribution in [0.15, 0.2) is 53.3 Å². The van der Waals surface area contributed by atoms with E-state index < -0.39 is 17.2 Å². The average molecular weight is 781 g/mol. The largest absolute Gasteiger partial charge is 0.501 e. The average Bonchev–Trinajstić information content (AvgIpc) is 3.19. The summed E-state index contributed by atoms with van der Waals surface area (Å²) in [5, 5.41) is 14.6. The van der Waals surface area contributed by atoms with Gasteiger partial charge in [0.25, 0.3) is 11.5 Å². The summed E-state index contributed by atoms with van der Waals surface area (Å²) in [6.07, 6.45) is 12.2. The molecular formula is C40H50F2N6O4S2. The van der Waals surface area contributed by atoms with E-state index in [1.165, 1.54) is 67.4 Å². The number of hydrogen-bond donors (Lipinski definition) is 2. The summed E-state index contributed by atoms with van der Waals surface area (Å²) in [7, 11) is 0. The summed E-state index contributed by atoms with van der Waals surface area (Å²) >= 11 is 11.0. The number of amides is 2. The Balaban J connectivity index is 0.000000186. The number of rotatable bonds is 8. The van der Waals surface area contributed by atoms with E-state index >= 15 is 0 Å². The monoisotopic (exact) mass is 780 g/mol. The van der Waals surface area contributed by atoms with Gasteiger partial charge in [-0.05, 0) is 97.3 Å². The van der Waals surface area contributed by atoms with E-state index in [4.69, 9.17) is 24.4 Å². The minimum Gasteiger partial charge on any atom is -0.501 e. The first-order chi connectivity index (χ1) is 26.1. The summed E-state index contributed by atoms with van der Waals surface area (Å²) in [6.45, 7) is 4.70. The van der Waals surface area contributed by atoms with Gasteiger partial charge in [0.15, 0.2) is 15.6 Å². The van der Waals surface area contributed by atoms with Crippen molar-refractivity contribution in [1.82, 2.24) is 29.2 Å². The number of thiocarbonyl (C=S) groups is 1. The third-order valence-corrected chi connectivity index (χ3v) is 11.9. The van der Waals surface area contributed by atoms with E-state index in [1.54, 1.807) is 33.7 Å². The summed E-state index contributed by atoms with van der Waals surface area (Å²) in [6, 6.07) is 12.2. The Bertz CT molecular complexity index is 1910. The summed E-state index contributed by atoms with van der Waals surface area (Å²) in [4.78, 5) is 43.5. The summed E-state index contributed by atoms with van der Waals surface area (Å²) < 4.78 is 29.4. The van der Waals surface area contributed by atoms with Crippen LogP contribution >= 0.6 is 24.4 Å². The first-order valence-electron chi connectivity index (χ1n) is 19.2. The predicted octanol–water partition coefficient (Wildman–Crippen LogP) is 6.38. The number of nitrogens with zero attached hydrogens (tertiary/aromatic N) is 5. The molecule has 10 nitrogen and oxygen atoms in total. The van der Waals surface area contributed by atoms with Crippen molar-refractivity contribution in [1.29, 1.82) is 0 Å². The van der Waals surface area contributed by atoms with Gasteiger partial charge in [-0.25, -0.2) is 8.78 Å². The number of carbonyl (C=O) groups is 2. The number of benzene rings is 2. The lowest BCUT2D eigenvalue weighted by atomic mass is 9.89. The molecule has 7 rings (SSSR count). The Hall–Kier alpha value is -4.17. The molecule has 1 aromatic heterocycles. The molecule has 0 unspecified atom stereocenters. The third kappa shape index (κ3) is 9.92. The molecule has 0 atom stereocenters. The molecule has 4 aliphatic rings. The SMILES string of the molecule is O=C1CN(C(=S)NCC2CCCCC2)CCN1Cc1ccc(F)cc1.O=C1c2c(O)c(=O)n(CC3CCCCC3)c(=S)n2CCN1Cc1ccc(F)cc1. The predicted molar refractivity (Wildman–Crippen MR) is 209 cm³/mol. The second-order valence-electron chi connectivity index (χ2n) is 15.0.